The van der Waals surface area contributed by atoms with E-state index >= 15 is 0 Å². The summed E-state index contributed by atoms with van der Waals surface area (Å²) in [7, 11) is 0. The predicted octanol–water partition coefficient (Wildman–Crippen LogP) is 1.02. The highest BCUT2D eigenvalue weighted by molar-refractivity contribution is 6.47. The van der Waals surface area contributed by atoms with Crippen molar-refractivity contribution in [2.24, 2.45) is 5.92 Å². The second kappa shape index (κ2) is 3.62. The molecule has 0 saturated heterocycles. The van der Waals surface area contributed by atoms with E-state index in [1.54, 1.807) is 13.8 Å². The molecule has 0 N–H and O–H groups in total. The minimum atomic E-state index is -0.494. The van der Waals surface area contributed by atoms with Crippen LogP contribution in [0.3, 0.4) is 0 Å². The molecule has 0 radical (unpaired) electrons. The number of hydrogen-bond donors (Lipinski definition) is 0. The SMILES string of the molecule is CC(C)C(=O)C(=O)CCl. The molecule has 52 valence electrons. The van der Waals surface area contributed by atoms with Gasteiger partial charge in [0, 0.05) is 5.92 Å². The fourth-order valence-corrected chi connectivity index (χ4v) is 0.520. The topological polar surface area (TPSA) is 34.1 Å². The lowest BCUT2D eigenvalue weighted by Gasteiger charge is -1.97. The number of carbonyl (C=O) groups excluding carboxylic acids is 2. The third-order valence-corrected chi connectivity index (χ3v) is 1.16. The summed E-state index contributed by atoms with van der Waals surface area (Å²) >= 11 is 5.12. The summed E-state index contributed by atoms with van der Waals surface area (Å²) in [6.45, 7) is 3.35. The van der Waals surface area contributed by atoms with Crippen molar-refractivity contribution in [3.63, 3.8) is 0 Å². The molecule has 0 aromatic carbocycles. The van der Waals surface area contributed by atoms with Gasteiger partial charge >= 0.3 is 0 Å². The number of halogens is 1. The van der Waals surface area contributed by atoms with Crippen molar-refractivity contribution in [3.05, 3.63) is 0 Å². The van der Waals surface area contributed by atoms with Crippen LogP contribution in [0, 0.1) is 5.92 Å². The first-order valence-corrected chi connectivity index (χ1v) is 3.26. The summed E-state index contributed by atoms with van der Waals surface area (Å²) in [5.41, 5.74) is 0. The monoisotopic (exact) mass is 148 g/mol. The molecule has 0 unspecified atom stereocenters. The average molecular weight is 149 g/mol. The van der Waals surface area contributed by atoms with Crippen molar-refractivity contribution in [1.82, 2.24) is 0 Å². The van der Waals surface area contributed by atoms with Crippen LogP contribution >= 0.6 is 11.6 Å². The molecule has 0 rings (SSSR count). The van der Waals surface area contributed by atoms with Gasteiger partial charge < -0.3 is 0 Å². The third kappa shape index (κ3) is 2.61. The quantitative estimate of drug-likeness (QED) is 0.443. The van der Waals surface area contributed by atoms with Gasteiger partial charge in [-0.15, -0.1) is 11.6 Å². The molecule has 0 heterocycles. The molecule has 0 aliphatic rings. The first kappa shape index (κ1) is 8.63. The van der Waals surface area contributed by atoms with Crippen molar-refractivity contribution in [3.8, 4) is 0 Å². The lowest BCUT2D eigenvalue weighted by molar-refractivity contribution is -0.136. The van der Waals surface area contributed by atoms with E-state index < -0.39 is 5.78 Å². The highest BCUT2D eigenvalue weighted by Gasteiger charge is 2.15. The molecule has 0 saturated carbocycles. The van der Waals surface area contributed by atoms with E-state index in [4.69, 9.17) is 11.6 Å². The van der Waals surface area contributed by atoms with E-state index in [-0.39, 0.29) is 17.6 Å². The second-order valence-corrected chi connectivity index (χ2v) is 2.34. The fraction of sp³-hybridized carbons (Fsp3) is 0.667. The zero-order valence-corrected chi connectivity index (χ0v) is 6.23. The van der Waals surface area contributed by atoms with Crippen LogP contribution < -0.4 is 0 Å². The van der Waals surface area contributed by atoms with Crippen LogP contribution in [-0.4, -0.2) is 17.4 Å². The van der Waals surface area contributed by atoms with Crippen molar-refractivity contribution in [1.29, 1.82) is 0 Å². The van der Waals surface area contributed by atoms with Gasteiger partial charge in [-0.05, 0) is 0 Å². The molecule has 9 heavy (non-hydrogen) atoms. The van der Waals surface area contributed by atoms with E-state index in [0.29, 0.717) is 0 Å². The van der Waals surface area contributed by atoms with Crippen LogP contribution in [0.5, 0.6) is 0 Å². The van der Waals surface area contributed by atoms with Crippen LogP contribution in [-0.2, 0) is 9.59 Å². The van der Waals surface area contributed by atoms with Crippen LogP contribution in [0.15, 0.2) is 0 Å². The number of hydrogen-bond acceptors (Lipinski definition) is 2. The van der Waals surface area contributed by atoms with Gasteiger partial charge in [0.05, 0.1) is 5.88 Å². The van der Waals surface area contributed by atoms with Gasteiger partial charge in [-0.3, -0.25) is 9.59 Å². The highest BCUT2D eigenvalue weighted by Crippen LogP contribution is 1.95. The fourth-order valence-electron chi connectivity index (χ4n) is 0.388. The Morgan fingerprint density at radius 2 is 1.89 bits per heavy atom. The van der Waals surface area contributed by atoms with Gasteiger partial charge in [-0.25, -0.2) is 0 Å². The maximum Gasteiger partial charge on any atom is 0.213 e. The Labute approximate surface area is 59.2 Å². The zero-order valence-electron chi connectivity index (χ0n) is 5.48. The summed E-state index contributed by atoms with van der Waals surface area (Å²) in [5.74, 6) is -1.30. The van der Waals surface area contributed by atoms with Crippen LogP contribution in [0.2, 0.25) is 0 Å². The highest BCUT2D eigenvalue weighted by atomic mass is 35.5. The van der Waals surface area contributed by atoms with E-state index in [1.807, 2.05) is 0 Å². The number of rotatable bonds is 3. The average Bonchev–Trinajstić information content (AvgIpc) is 1.84. The minimum absolute atomic E-state index is 0.197. The van der Waals surface area contributed by atoms with Crippen LogP contribution in [0.4, 0.5) is 0 Å². The molecule has 0 aliphatic heterocycles. The van der Waals surface area contributed by atoms with Crippen molar-refractivity contribution >= 4 is 23.2 Å². The van der Waals surface area contributed by atoms with Gasteiger partial charge in [0.2, 0.25) is 11.6 Å². The molecular weight excluding hydrogens is 140 g/mol. The number of alkyl halides is 1. The van der Waals surface area contributed by atoms with Gasteiger partial charge in [0.1, 0.15) is 0 Å². The Hall–Kier alpha value is -0.370. The number of Topliss-reactive ketones (excluding diaryl/α,β-unsaturated/α-hetero) is 2. The molecular formula is C6H9ClO2. The molecule has 0 fully saturated rings. The zero-order chi connectivity index (χ0) is 7.44. The smallest absolute Gasteiger partial charge is 0.213 e. The van der Waals surface area contributed by atoms with Gasteiger partial charge in [0.25, 0.3) is 0 Å². The Morgan fingerprint density at radius 3 is 2.00 bits per heavy atom. The Bertz CT molecular complexity index is 129. The third-order valence-electron chi connectivity index (χ3n) is 0.921. The maximum absolute atomic E-state index is 10.6. The molecule has 0 aromatic heterocycles. The lowest BCUT2D eigenvalue weighted by Crippen LogP contribution is -2.20. The van der Waals surface area contributed by atoms with Crippen molar-refractivity contribution in [2.75, 3.05) is 5.88 Å². The van der Waals surface area contributed by atoms with E-state index in [2.05, 4.69) is 0 Å². The van der Waals surface area contributed by atoms with Crippen LogP contribution in [0.25, 0.3) is 0 Å². The van der Waals surface area contributed by atoms with Gasteiger partial charge in [0.15, 0.2) is 0 Å². The number of ketones is 2. The lowest BCUT2D eigenvalue weighted by atomic mass is 10.1. The Morgan fingerprint density at radius 1 is 1.44 bits per heavy atom. The normalized spacial score (nSPS) is 9.78. The molecule has 0 spiro atoms. The van der Waals surface area contributed by atoms with Gasteiger partial charge in [-0.1, -0.05) is 13.8 Å². The maximum atomic E-state index is 10.6. The van der Waals surface area contributed by atoms with Crippen molar-refractivity contribution in [2.45, 2.75) is 13.8 Å². The molecule has 0 amide bonds. The molecule has 0 atom stereocenters. The molecule has 3 heteroatoms. The standard InChI is InChI=1S/C6H9ClO2/c1-4(2)6(9)5(8)3-7/h4H,3H2,1-2H3. The first-order valence-electron chi connectivity index (χ1n) is 2.72. The molecule has 0 aliphatic carbocycles. The van der Waals surface area contributed by atoms with Crippen molar-refractivity contribution < 1.29 is 9.59 Å². The molecule has 0 bridgehead atoms. The van der Waals surface area contributed by atoms with E-state index in [9.17, 15) is 9.59 Å². The van der Waals surface area contributed by atoms with Gasteiger partial charge in [-0.2, -0.15) is 0 Å². The number of carbonyl (C=O) groups is 2. The molecule has 2 nitrogen and oxygen atoms in total. The minimum Gasteiger partial charge on any atom is -0.291 e. The van der Waals surface area contributed by atoms with E-state index in [0.717, 1.165) is 0 Å². The first-order chi connectivity index (χ1) is 4.09. The summed E-state index contributed by atoms with van der Waals surface area (Å²) in [6.07, 6.45) is 0. The summed E-state index contributed by atoms with van der Waals surface area (Å²) in [6, 6.07) is 0. The summed E-state index contributed by atoms with van der Waals surface area (Å²) < 4.78 is 0. The summed E-state index contributed by atoms with van der Waals surface area (Å²) in [5, 5.41) is 0. The van der Waals surface area contributed by atoms with E-state index in [1.165, 1.54) is 0 Å². The molecule has 0 aromatic rings. The second-order valence-electron chi connectivity index (χ2n) is 2.08. The largest absolute Gasteiger partial charge is 0.291 e. The predicted molar refractivity (Wildman–Crippen MR) is 35.6 cm³/mol. The Balaban J connectivity index is 3.89. The summed E-state index contributed by atoms with van der Waals surface area (Å²) in [4.78, 5) is 21.1. The van der Waals surface area contributed by atoms with Crippen LogP contribution in [0.1, 0.15) is 13.8 Å². The Kier molecular flexibility index (Phi) is 3.47.